The van der Waals surface area contributed by atoms with Gasteiger partial charge in [-0.15, -0.1) is 0 Å². The average Bonchev–Trinajstić information content (AvgIpc) is 3.66. The Morgan fingerprint density at radius 2 is 1.77 bits per heavy atom. The van der Waals surface area contributed by atoms with Gasteiger partial charge in [0, 0.05) is 61.5 Å². The quantitative estimate of drug-likeness (QED) is 0.196. The van der Waals surface area contributed by atoms with Crippen LogP contribution in [-0.2, 0) is 11.2 Å². The molecule has 5 heterocycles. The van der Waals surface area contributed by atoms with Crippen molar-refractivity contribution in [1.29, 1.82) is 5.26 Å². The number of thiazole rings is 1. The lowest BCUT2D eigenvalue weighted by Gasteiger charge is -2.33. The number of piperidine rings is 1. The van der Waals surface area contributed by atoms with Crippen molar-refractivity contribution in [2.45, 2.75) is 58.6 Å². The van der Waals surface area contributed by atoms with E-state index < -0.39 is 5.60 Å². The number of likely N-dealkylation sites (tertiary alicyclic amines) is 1. The first-order chi connectivity index (χ1) is 22.5. The number of aryl methyl sites for hydroxylation is 1. The topological polar surface area (TPSA) is 125 Å². The summed E-state index contributed by atoms with van der Waals surface area (Å²) in [7, 11) is 1.91. The molecule has 0 radical (unpaired) electrons. The summed E-state index contributed by atoms with van der Waals surface area (Å²) < 4.78 is 21.1. The summed E-state index contributed by atoms with van der Waals surface area (Å²) in [6.07, 6.45) is 7.56. The van der Waals surface area contributed by atoms with Crippen molar-refractivity contribution in [3.8, 4) is 28.5 Å². The van der Waals surface area contributed by atoms with E-state index in [9.17, 15) is 14.4 Å². The fraction of sp³-hybridized carbons (Fsp3) is 0.353. The number of hydrogen-bond donors (Lipinski definition) is 1. The van der Waals surface area contributed by atoms with Crippen LogP contribution in [0.3, 0.4) is 0 Å². The van der Waals surface area contributed by atoms with Gasteiger partial charge in [0.15, 0.2) is 5.13 Å². The predicted octanol–water partition coefficient (Wildman–Crippen LogP) is 7.07. The van der Waals surface area contributed by atoms with Gasteiger partial charge in [-0.1, -0.05) is 18.3 Å². The first-order valence-electron chi connectivity index (χ1n) is 15.5. The Labute approximate surface area is 276 Å². The van der Waals surface area contributed by atoms with E-state index in [1.54, 1.807) is 29.4 Å². The molecule has 1 amide bonds. The van der Waals surface area contributed by atoms with Gasteiger partial charge < -0.3 is 19.9 Å². The van der Waals surface area contributed by atoms with Gasteiger partial charge in [0.05, 0.1) is 5.69 Å². The molecule has 0 saturated carbocycles. The number of benzene rings is 1. The molecule has 1 saturated heterocycles. The summed E-state index contributed by atoms with van der Waals surface area (Å²) in [5.74, 6) is 1.03. The van der Waals surface area contributed by atoms with Crippen molar-refractivity contribution in [3.63, 3.8) is 0 Å². The smallest absolute Gasteiger partial charge is 0.410 e. The van der Waals surface area contributed by atoms with E-state index >= 15 is 0 Å². The predicted molar refractivity (Wildman–Crippen MR) is 180 cm³/mol. The Balaban J connectivity index is 1.20. The Morgan fingerprint density at radius 1 is 1.09 bits per heavy atom. The fourth-order valence-electron chi connectivity index (χ4n) is 5.53. The number of anilines is 3. The molecule has 242 valence electrons. The summed E-state index contributed by atoms with van der Waals surface area (Å²) in [6.45, 7) is 8.88. The number of nitriles is 1. The van der Waals surface area contributed by atoms with Gasteiger partial charge >= 0.3 is 6.09 Å². The molecule has 0 bridgehead atoms. The van der Waals surface area contributed by atoms with Crippen molar-refractivity contribution >= 4 is 40.0 Å². The minimum Gasteiger partial charge on any atom is -0.444 e. The second-order valence-corrected chi connectivity index (χ2v) is 13.4. The third kappa shape index (κ3) is 6.88. The number of aromatic nitrogens is 5. The number of ether oxygens (including phenoxy) is 1. The molecule has 5 aromatic rings. The first kappa shape index (κ1) is 31.9. The third-order valence-corrected chi connectivity index (χ3v) is 8.94. The lowest BCUT2D eigenvalue weighted by molar-refractivity contribution is 0.0210. The number of fused-ring (bicyclic) bond motifs is 1. The molecule has 1 aliphatic heterocycles. The molecule has 6 rings (SSSR count). The fourth-order valence-corrected chi connectivity index (χ4v) is 6.38. The number of imidazole rings is 1. The highest BCUT2D eigenvalue weighted by molar-refractivity contribution is 7.16. The van der Waals surface area contributed by atoms with Crippen LogP contribution in [-0.4, -0.2) is 67.1 Å². The van der Waals surface area contributed by atoms with Gasteiger partial charge in [0.25, 0.3) is 0 Å². The maximum absolute atomic E-state index is 13.6. The van der Waals surface area contributed by atoms with Gasteiger partial charge in [-0.05, 0) is 76.4 Å². The molecule has 0 aliphatic carbocycles. The van der Waals surface area contributed by atoms with Gasteiger partial charge in [0.1, 0.15) is 39.5 Å². The maximum atomic E-state index is 13.6. The van der Waals surface area contributed by atoms with Crippen LogP contribution in [0, 0.1) is 17.1 Å². The van der Waals surface area contributed by atoms with Crippen LogP contribution in [0.1, 0.15) is 51.1 Å². The van der Waals surface area contributed by atoms with Crippen LogP contribution in [0.25, 0.3) is 28.0 Å². The van der Waals surface area contributed by atoms with E-state index in [1.165, 1.54) is 23.5 Å². The molecular formula is C34H36FN9O2S. The summed E-state index contributed by atoms with van der Waals surface area (Å²) in [4.78, 5) is 35.4. The largest absolute Gasteiger partial charge is 0.444 e. The molecule has 4 aromatic heterocycles. The highest BCUT2D eigenvalue weighted by Gasteiger charge is 2.27. The minimum absolute atomic E-state index is 0.156. The lowest BCUT2D eigenvalue weighted by Crippen LogP contribution is -2.44. The Morgan fingerprint density at radius 3 is 2.40 bits per heavy atom. The van der Waals surface area contributed by atoms with E-state index in [2.05, 4.69) is 21.4 Å². The van der Waals surface area contributed by atoms with Gasteiger partial charge in [-0.2, -0.15) is 5.26 Å². The zero-order chi connectivity index (χ0) is 33.3. The monoisotopic (exact) mass is 653 g/mol. The number of carbonyl (C=O) groups excluding carboxylic acids is 1. The van der Waals surface area contributed by atoms with Gasteiger partial charge in [0.2, 0.25) is 5.95 Å². The number of nitrogens with one attached hydrogen (secondary N) is 1. The highest BCUT2D eigenvalue weighted by Crippen LogP contribution is 2.37. The van der Waals surface area contributed by atoms with Crippen LogP contribution in [0.4, 0.5) is 26.1 Å². The second-order valence-electron chi connectivity index (χ2n) is 12.4. The number of carbonyl (C=O) groups is 1. The summed E-state index contributed by atoms with van der Waals surface area (Å²) in [6, 6.07) is 12.3. The number of pyridine rings is 1. The summed E-state index contributed by atoms with van der Waals surface area (Å²) >= 11 is 1.28. The normalized spacial score (nSPS) is 13.9. The minimum atomic E-state index is -0.514. The van der Waals surface area contributed by atoms with Crippen LogP contribution in [0.2, 0.25) is 0 Å². The zero-order valence-electron chi connectivity index (χ0n) is 27.0. The van der Waals surface area contributed by atoms with Crippen molar-refractivity contribution in [2.24, 2.45) is 0 Å². The van der Waals surface area contributed by atoms with E-state index in [0.717, 1.165) is 41.1 Å². The van der Waals surface area contributed by atoms with Crippen molar-refractivity contribution < 1.29 is 13.9 Å². The Hall–Kier alpha value is -5.09. The Bertz CT molecular complexity index is 1930. The van der Waals surface area contributed by atoms with Crippen LogP contribution in [0.5, 0.6) is 0 Å². The number of amides is 1. The standard InChI is InChI=1S/C34H36FN9O2S/c1-6-26-30(42(5)32-41-29(27(17-36)47-32)21-7-10-24(35)11-8-21)44-20-22(9-12-28(44)40-26)23-18-37-31(38-19-23)39-25-13-15-43(16-14-25)33(45)46-34(2,3)4/h7-12,18-20,25H,6,13-16H2,1-5H3,(H,37,38,39). The number of rotatable bonds is 7. The highest BCUT2D eigenvalue weighted by atomic mass is 32.1. The molecule has 13 heteroatoms. The van der Waals surface area contributed by atoms with Gasteiger partial charge in [-0.25, -0.2) is 29.1 Å². The van der Waals surface area contributed by atoms with E-state index in [4.69, 9.17) is 14.7 Å². The van der Waals surface area contributed by atoms with E-state index in [0.29, 0.717) is 46.7 Å². The van der Waals surface area contributed by atoms with Gasteiger partial charge in [-0.3, -0.25) is 4.40 Å². The molecule has 1 fully saturated rings. The zero-order valence-corrected chi connectivity index (χ0v) is 27.8. The molecule has 0 spiro atoms. The molecule has 1 aliphatic rings. The van der Waals surface area contributed by atoms with Crippen LogP contribution >= 0.6 is 11.3 Å². The number of hydrogen-bond acceptors (Lipinski definition) is 10. The number of nitrogens with zero attached hydrogens (tertiary/aromatic N) is 8. The first-order valence-corrected chi connectivity index (χ1v) is 16.3. The number of halogens is 1. The van der Waals surface area contributed by atoms with E-state index in [1.807, 2.05) is 62.4 Å². The van der Waals surface area contributed by atoms with Crippen molar-refractivity contribution in [1.82, 2.24) is 29.2 Å². The van der Waals surface area contributed by atoms with Crippen molar-refractivity contribution in [3.05, 3.63) is 71.4 Å². The van der Waals surface area contributed by atoms with Crippen molar-refractivity contribution in [2.75, 3.05) is 30.4 Å². The SMILES string of the molecule is CCc1nc2ccc(-c3cnc(NC4CCN(C(=O)OC(C)(C)C)CC4)nc3)cn2c1N(C)c1nc(-c2ccc(F)cc2)c(C#N)s1. The molecule has 1 N–H and O–H groups in total. The van der Waals surface area contributed by atoms with E-state index in [-0.39, 0.29) is 18.0 Å². The summed E-state index contributed by atoms with van der Waals surface area (Å²) in [5.41, 5.74) is 4.10. The molecule has 0 unspecified atom stereocenters. The average molecular weight is 654 g/mol. The lowest BCUT2D eigenvalue weighted by atomic mass is 10.1. The molecular weight excluding hydrogens is 618 g/mol. The second kappa shape index (κ2) is 13.0. The third-order valence-electron chi connectivity index (χ3n) is 7.90. The maximum Gasteiger partial charge on any atom is 0.410 e. The molecule has 1 aromatic carbocycles. The van der Waals surface area contributed by atoms with Crippen LogP contribution < -0.4 is 10.2 Å². The molecule has 47 heavy (non-hydrogen) atoms. The molecule has 0 atom stereocenters. The van der Waals surface area contributed by atoms with Crippen LogP contribution in [0.15, 0.2) is 55.0 Å². The Kier molecular flexibility index (Phi) is 8.79. The summed E-state index contributed by atoms with van der Waals surface area (Å²) in [5, 5.41) is 13.9. The molecule has 11 nitrogen and oxygen atoms in total.